The summed E-state index contributed by atoms with van der Waals surface area (Å²) in [7, 11) is 0. The van der Waals surface area contributed by atoms with E-state index in [9.17, 15) is 4.79 Å². The van der Waals surface area contributed by atoms with Crippen LogP contribution in [0.4, 0.5) is 0 Å². The molecule has 1 aromatic heterocycles. The summed E-state index contributed by atoms with van der Waals surface area (Å²) < 4.78 is 1.96. The van der Waals surface area contributed by atoms with Gasteiger partial charge >= 0.3 is 0 Å². The molecule has 1 unspecified atom stereocenters. The van der Waals surface area contributed by atoms with Crippen LogP contribution in [0.3, 0.4) is 0 Å². The number of amides is 1. The van der Waals surface area contributed by atoms with Crippen LogP contribution in [0.25, 0.3) is 0 Å². The van der Waals surface area contributed by atoms with Gasteiger partial charge in [0.1, 0.15) is 5.69 Å². The van der Waals surface area contributed by atoms with Gasteiger partial charge in [0.2, 0.25) is 0 Å². The Bertz CT molecular complexity index is 358. The molecule has 4 heteroatoms. The highest BCUT2D eigenvalue weighted by molar-refractivity contribution is 5.93. The number of rotatable bonds is 2. The van der Waals surface area contributed by atoms with Gasteiger partial charge in [-0.3, -0.25) is 4.79 Å². The number of aliphatic hydroxyl groups excluding tert-OH is 1. The molecule has 0 aliphatic carbocycles. The third kappa shape index (κ3) is 2.44. The summed E-state index contributed by atoms with van der Waals surface area (Å²) in [6.45, 7) is 6.73. The lowest BCUT2D eigenvalue weighted by atomic mass is 10.1. The van der Waals surface area contributed by atoms with Crippen molar-refractivity contribution in [2.24, 2.45) is 0 Å². The molecule has 0 fully saturated rings. The second-order valence-corrected chi connectivity index (χ2v) is 3.69. The third-order valence-electron chi connectivity index (χ3n) is 2.57. The van der Waals surface area contributed by atoms with Gasteiger partial charge in [0.25, 0.3) is 5.91 Å². The Balaban J connectivity index is 0.000000606. The monoisotopic (exact) mass is 224 g/mol. The van der Waals surface area contributed by atoms with Crippen LogP contribution in [-0.2, 0) is 0 Å². The number of aromatic nitrogens is 1. The predicted octanol–water partition coefficient (Wildman–Crippen LogP) is 1.49. The van der Waals surface area contributed by atoms with E-state index in [4.69, 9.17) is 5.11 Å². The van der Waals surface area contributed by atoms with Gasteiger partial charge in [0.05, 0.1) is 6.04 Å². The van der Waals surface area contributed by atoms with E-state index in [0.717, 1.165) is 5.56 Å². The van der Waals surface area contributed by atoms with E-state index in [1.54, 1.807) is 0 Å². The molecule has 2 N–H and O–H groups in total. The summed E-state index contributed by atoms with van der Waals surface area (Å²) in [5.41, 5.74) is 1.78. The lowest BCUT2D eigenvalue weighted by molar-refractivity contribution is 0.0907. The minimum Gasteiger partial charge on any atom is -0.396 e. The van der Waals surface area contributed by atoms with Crippen molar-refractivity contribution >= 4 is 5.91 Å². The van der Waals surface area contributed by atoms with Gasteiger partial charge in [-0.2, -0.15) is 0 Å². The van der Waals surface area contributed by atoms with Crippen molar-refractivity contribution in [1.29, 1.82) is 0 Å². The first-order chi connectivity index (χ1) is 7.72. The molecule has 0 spiro atoms. The van der Waals surface area contributed by atoms with Crippen LogP contribution < -0.4 is 5.32 Å². The summed E-state index contributed by atoms with van der Waals surface area (Å²) in [5, 5.41) is 11.7. The predicted molar refractivity (Wildman–Crippen MR) is 63.6 cm³/mol. The van der Waals surface area contributed by atoms with Gasteiger partial charge < -0.3 is 15.0 Å². The fraction of sp³-hybridized carbons (Fsp3) is 0.583. The highest BCUT2D eigenvalue weighted by Crippen LogP contribution is 2.20. The Morgan fingerprint density at radius 2 is 2.25 bits per heavy atom. The van der Waals surface area contributed by atoms with Gasteiger partial charge in [0.15, 0.2) is 0 Å². The van der Waals surface area contributed by atoms with Crippen LogP contribution in [0.2, 0.25) is 0 Å². The Morgan fingerprint density at radius 1 is 1.56 bits per heavy atom. The van der Waals surface area contributed by atoms with Crippen molar-refractivity contribution in [3.05, 3.63) is 23.5 Å². The van der Waals surface area contributed by atoms with Gasteiger partial charge in [0, 0.05) is 19.3 Å². The van der Waals surface area contributed by atoms with Crippen LogP contribution in [0.1, 0.15) is 42.4 Å². The van der Waals surface area contributed by atoms with E-state index in [1.807, 2.05) is 37.6 Å². The van der Waals surface area contributed by atoms with Crippen molar-refractivity contribution in [3.8, 4) is 0 Å². The van der Waals surface area contributed by atoms with Crippen LogP contribution >= 0.6 is 0 Å². The second-order valence-electron chi connectivity index (χ2n) is 3.69. The number of aliphatic hydroxyl groups is 1. The van der Waals surface area contributed by atoms with E-state index in [0.29, 0.717) is 18.7 Å². The maximum atomic E-state index is 11.5. The molecule has 1 aromatic rings. The van der Waals surface area contributed by atoms with E-state index >= 15 is 0 Å². The van der Waals surface area contributed by atoms with Crippen LogP contribution in [0, 0.1) is 6.92 Å². The summed E-state index contributed by atoms with van der Waals surface area (Å²) in [5.74, 6) is -0.0210. The first-order valence-corrected chi connectivity index (χ1v) is 5.80. The normalized spacial score (nSPS) is 18.2. The first kappa shape index (κ1) is 12.8. The second kappa shape index (κ2) is 5.70. The molecule has 2 heterocycles. The molecule has 1 aliphatic rings. The SMILES string of the molecule is CC.Cc1cc2n(c1)C(CCO)CNC2=O. The molecule has 2 rings (SSSR count). The minimum absolute atomic E-state index is 0.0210. The smallest absolute Gasteiger partial charge is 0.267 e. The molecule has 1 atom stereocenters. The number of nitrogens with zero attached hydrogens (tertiary/aromatic N) is 1. The van der Waals surface area contributed by atoms with E-state index in [2.05, 4.69) is 5.32 Å². The number of carbonyl (C=O) groups is 1. The fourth-order valence-electron chi connectivity index (χ4n) is 1.89. The molecule has 0 saturated heterocycles. The van der Waals surface area contributed by atoms with Crippen LogP contribution in [0.5, 0.6) is 0 Å². The average Bonchev–Trinajstić information content (AvgIpc) is 2.68. The maximum absolute atomic E-state index is 11.5. The molecule has 16 heavy (non-hydrogen) atoms. The van der Waals surface area contributed by atoms with E-state index in [-0.39, 0.29) is 18.6 Å². The van der Waals surface area contributed by atoms with Gasteiger partial charge in [-0.25, -0.2) is 0 Å². The average molecular weight is 224 g/mol. The highest BCUT2D eigenvalue weighted by atomic mass is 16.3. The van der Waals surface area contributed by atoms with Crippen LogP contribution in [0.15, 0.2) is 12.3 Å². The molecule has 4 nitrogen and oxygen atoms in total. The number of nitrogens with one attached hydrogen (secondary N) is 1. The van der Waals surface area contributed by atoms with Crippen LogP contribution in [-0.4, -0.2) is 28.7 Å². The quantitative estimate of drug-likeness (QED) is 0.799. The van der Waals surface area contributed by atoms with Gasteiger partial charge in [-0.15, -0.1) is 0 Å². The standard InChI is InChI=1S/C10H14N2O2.C2H6/c1-7-4-9-10(14)11-5-8(2-3-13)12(9)6-7;1-2/h4,6,8,13H,2-3,5H2,1H3,(H,11,14);1-2H3. The largest absolute Gasteiger partial charge is 0.396 e. The lowest BCUT2D eigenvalue weighted by Gasteiger charge is -2.25. The lowest BCUT2D eigenvalue weighted by Crippen LogP contribution is -2.38. The van der Waals surface area contributed by atoms with Crippen molar-refractivity contribution in [1.82, 2.24) is 9.88 Å². The number of hydrogen-bond donors (Lipinski definition) is 2. The van der Waals surface area contributed by atoms with Gasteiger partial charge in [-0.05, 0) is 25.0 Å². The van der Waals surface area contributed by atoms with Crippen molar-refractivity contribution < 1.29 is 9.90 Å². The first-order valence-electron chi connectivity index (χ1n) is 5.80. The number of fused-ring (bicyclic) bond motifs is 1. The Hall–Kier alpha value is -1.29. The van der Waals surface area contributed by atoms with E-state index in [1.165, 1.54) is 0 Å². The zero-order valence-corrected chi connectivity index (χ0v) is 10.2. The summed E-state index contributed by atoms with van der Waals surface area (Å²) >= 11 is 0. The zero-order valence-electron chi connectivity index (χ0n) is 10.2. The molecule has 0 aromatic carbocycles. The third-order valence-corrected chi connectivity index (χ3v) is 2.57. The molecule has 0 bridgehead atoms. The summed E-state index contributed by atoms with van der Waals surface area (Å²) in [4.78, 5) is 11.5. The van der Waals surface area contributed by atoms with Crippen molar-refractivity contribution in [3.63, 3.8) is 0 Å². The maximum Gasteiger partial charge on any atom is 0.267 e. The van der Waals surface area contributed by atoms with Crippen molar-refractivity contribution in [2.75, 3.05) is 13.2 Å². The molecule has 90 valence electrons. The van der Waals surface area contributed by atoms with E-state index < -0.39 is 0 Å². The molecule has 0 saturated carbocycles. The Kier molecular flexibility index (Phi) is 4.55. The Morgan fingerprint density at radius 3 is 2.88 bits per heavy atom. The molecule has 0 radical (unpaired) electrons. The molecular formula is C12H20N2O2. The van der Waals surface area contributed by atoms with Crippen molar-refractivity contribution in [2.45, 2.75) is 33.2 Å². The summed E-state index contributed by atoms with van der Waals surface area (Å²) in [6.07, 6.45) is 2.65. The topological polar surface area (TPSA) is 54.3 Å². The minimum atomic E-state index is -0.0210. The zero-order chi connectivity index (χ0) is 12.1. The molecule has 1 amide bonds. The fourth-order valence-corrected chi connectivity index (χ4v) is 1.89. The number of carbonyl (C=O) groups excluding carboxylic acids is 1. The molecule has 1 aliphatic heterocycles. The Labute approximate surface area is 96.3 Å². The number of hydrogen-bond acceptors (Lipinski definition) is 2. The number of aryl methyl sites for hydroxylation is 1. The molecular weight excluding hydrogens is 204 g/mol. The van der Waals surface area contributed by atoms with Gasteiger partial charge in [-0.1, -0.05) is 13.8 Å². The highest BCUT2D eigenvalue weighted by Gasteiger charge is 2.24. The summed E-state index contributed by atoms with van der Waals surface area (Å²) in [6, 6.07) is 2.07.